The van der Waals surface area contributed by atoms with Gasteiger partial charge in [-0.2, -0.15) is 0 Å². The third kappa shape index (κ3) is 3.03. The van der Waals surface area contributed by atoms with Crippen LogP contribution >= 0.6 is 12.2 Å². The largest absolute Gasteiger partial charge is 0.366 e. The summed E-state index contributed by atoms with van der Waals surface area (Å²) in [5.41, 5.74) is 0. The molecule has 0 aromatic rings. The second-order valence-corrected chi connectivity index (χ2v) is 3.16. The molecule has 1 fully saturated rings. The lowest BCUT2D eigenvalue weighted by molar-refractivity contribution is 0.428. The van der Waals surface area contributed by atoms with Gasteiger partial charge in [-0.1, -0.05) is 0 Å². The van der Waals surface area contributed by atoms with Crippen LogP contribution in [-0.2, 0) is 0 Å². The number of nitrogens with one attached hydrogen (secondary N) is 3. The number of rotatable bonds is 1. The van der Waals surface area contributed by atoms with Gasteiger partial charge < -0.3 is 16.0 Å². The minimum Gasteiger partial charge on any atom is -0.366 e. The van der Waals surface area contributed by atoms with Crippen molar-refractivity contribution in [1.82, 2.24) is 16.0 Å². The highest BCUT2D eigenvalue weighted by Crippen LogP contribution is 2.00. The Morgan fingerprint density at radius 3 is 2.64 bits per heavy atom. The molecule has 1 rings (SSSR count). The number of thiocarbonyl (C=S) groups is 1. The van der Waals surface area contributed by atoms with Gasteiger partial charge >= 0.3 is 0 Å². The van der Waals surface area contributed by atoms with E-state index in [0.29, 0.717) is 6.04 Å². The molecule has 1 aliphatic heterocycles. The Morgan fingerprint density at radius 1 is 1.45 bits per heavy atom. The van der Waals surface area contributed by atoms with Crippen LogP contribution in [0, 0.1) is 0 Å². The zero-order valence-corrected chi connectivity index (χ0v) is 7.63. The summed E-state index contributed by atoms with van der Waals surface area (Å²) in [4.78, 5) is 0. The summed E-state index contributed by atoms with van der Waals surface area (Å²) < 4.78 is 0. The highest BCUT2D eigenvalue weighted by Gasteiger charge is 2.12. The van der Waals surface area contributed by atoms with E-state index in [2.05, 4.69) is 16.0 Å². The van der Waals surface area contributed by atoms with Crippen LogP contribution in [-0.4, -0.2) is 31.3 Å². The first-order valence-electron chi connectivity index (χ1n) is 4.02. The Bertz CT molecular complexity index is 132. The molecule has 1 aliphatic rings. The van der Waals surface area contributed by atoms with E-state index < -0.39 is 0 Å². The van der Waals surface area contributed by atoms with E-state index in [1.165, 1.54) is 12.8 Å². The monoisotopic (exact) mass is 173 g/mol. The van der Waals surface area contributed by atoms with Crippen molar-refractivity contribution < 1.29 is 0 Å². The lowest BCUT2D eigenvalue weighted by Crippen LogP contribution is -2.45. The Balaban J connectivity index is 2.19. The normalized spacial score (nSPS) is 19.4. The van der Waals surface area contributed by atoms with Crippen molar-refractivity contribution in [2.45, 2.75) is 18.9 Å². The van der Waals surface area contributed by atoms with Crippen LogP contribution in [0.15, 0.2) is 0 Å². The van der Waals surface area contributed by atoms with Gasteiger partial charge in [0.05, 0.1) is 0 Å². The highest BCUT2D eigenvalue weighted by molar-refractivity contribution is 7.80. The van der Waals surface area contributed by atoms with Crippen LogP contribution in [0.4, 0.5) is 0 Å². The van der Waals surface area contributed by atoms with Crippen LogP contribution in [0.1, 0.15) is 12.8 Å². The van der Waals surface area contributed by atoms with Crippen molar-refractivity contribution in [1.29, 1.82) is 0 Å². The summed E-state index contributed by atoms with van der Waals surface area (Å²) >= 11 is 4.99. The molecule has 0 atom stereocenters. The first kappa shape index (κ1) is 8.74. The van der Waals surface area contributed by atoms with Crippen LogP contribution in [0.25, 0.3) is 0 Å². The quantitative estimate of drug-likeness (QED) is 0.481. The molecule has 0 spiro atoms. The van der Waals surface area contributed by atoms with Crippen LogP contribution < -0.4 is 16.0 Å². The zero-order chi connectivity index (χ0) is 8.10. The van der Waals surface area contributed by atoms with Gasteiger partial charge in [0.15, 0.2) is 5.11 Å². The molecule has 1 heterocycles. The zero-order valence-electron chi connectivity index (χ0n) is 6.81. The topological polar surface area (TPSA) is 36.1 Å². The number of hydrogen-bond donors (Lipinski definition) is 3. The molecule has 0 aliphatic carbocycles. The van der Waals surface area contributed by atoms with E-state index in [1.54, 1.807) is 0 Å². The minimum atomic E-state index is 0.566. The SMILES string of the molecule is CNC(=S)NC1CCNCC1. The van der Waals surface area contributed by atoms with Crippen molar-refractivity contribution in [3.63, 3.8) is 0 Å². The van der Waals surface area contributed by atoms with Gasteiger partial charge in [-0.05, 0) is 38.1 Å². The van der Waals surface area contributed by atoms with E-state index >= 15 is 0 Å². The minimum absolute atomic E-state index is 0.566. The van der Waals surface area contributed by atoms with Crippen molar-refractivity contribution in [3.8, 4) is 0 Å². The first-order valence-corrected chi connectivity index (χ1v) is 4.42. The molecule has 0 aromatic heterocycles. The first-order chi connectivity index (χ1) is 5.33. The van der Waals surface area contributed by atoms with Gasteiger partial charge in [0.1, 0.15) is 0 Å². The van der Waals surface area contributed by atoms with Crippen LogP contribution in [0.3, 0.4) is 0 Å². The molecular weight excluding hydrogens is 158 g/mol. The van der Waals surface area contributed by atoms with Crippen LogP contribution in [0.2, 0.25) is 0 Å². The highest BCUT2D eigenvalue weighted by atomic mass is 32.1. The molecule has 1 saturated heterocycles. The van der Waals surface area contributed by atoms with E-state index in [9.17, 15) is 0 Å². The summed E-state index contributed by atoms with van der Waals surface area (Å²) in [5, 5.41) is 10.2. The van der Waals surface area contributed by atoms with Crippen molar-refractivity contribution in [2.75, 3.05) is 20.1 Å². The van der Waals surface area contributed by atoms with E-state index in [4.69, 9.17) is 12.2 Å². The van der Waals surface area contributed by atoms with Crippen molar-refractivity contribution >= 4 is 17.3 Å². The second kappa shape index (κ2) is 4.51. The standard InChI is InChI=1S/C7H15N3S/c1-8-7(11)10-6-2-4-9-5-3-6/h6,9H,2-5H2,1H3,(H2,8,10,11). The molecule has 4 heteroatoms. The van der Waals surface area contributed by atoms with Crippen molar-refractivity contribution in [3.05, 3.63) is 0 Å². The summed E-state index contributed by atoms with van der Waals surface area (Å²) in [5.74, 6) is 0. The molecule has 3 nitrogen and oxygen atoms in total. The summed E-state index contributed by atoms with van der Waals surface area (Å²) in [6.45, 7) is 2.20. The Hall–Kier alpha value is -0.350. The fraction of sp³-hybridized carbons (Fsp3) is 0.857. The fourth-order valence-corrected chi connectivity index (χ4v) is 1.39. The molecule has 0 unspecified atom stereocenters. The lowest BCUT2D eigenvalue weighted by Gasteiger charge is -2.24. The molecule has 0 bridgehead atoms. The Labute approximate surface area is 72.9 Å². The maximum Gasteiger partial charge on any atom is 0.166 e. The molecule has 3 N–H and O–H groups in total. The van der Waals surface area contributed by atoms with Gasteiger partial charge in [-0.15, -0.1) is 0 Å². The maximum absolute atomic E-state index is 4.99. The summed E-state index contributed by atoms with van der Waals surface area (Å²) in [7, 11) is 1.84. The molecule has 11 heavy (non-hydrogen) atoms. The molecule has 0 aromatic carbocycles. The number of piperidine rings is 1. The van der Waals surface area contributed by atoms with Gasteiger partial charge in [0, 0.05) is 13.1 Å². The maximum atomic E-state index is 4.99. The Morgan fingerprint density at radius 2 is 2.09 bits per heavy atom. The predicted octanol–water partition coefficient (Wildman–Crippen LogP) is -0.168. The van der Waals surface area contributed by atoms with E-state index in [1.807, 2.05) is 7.05 Å². The average Bonchev–Trinajstić information content (AvgIpc) is 2.06. The predicted molar refractivity (Wildman–Crippen MR) is 50.7 cm³/mol. The third-order valence-electron chi connectivity index (χ3n) is 1.90. The molecule has 64 valence electrons. The summed E-state index contributed by atoms with van der Waals surface area (Å²) in [6, 6.07) is 0.566. The third-order valence-corrected chi connectivity index (χ3v) is 2.22. The van der Waals surface area contributed by atoms with Gasteiger partial charge in [0.25, 0.3) is 0 Å². The van der Waals surface area contributed by atoms with Crippen LogP contribution in [0.5, 0.6) is 0 Å². The van der Waals surface area contributed by atoms with Crippen molar-refractivity contribution in [2.24, 2.45) is 0 Å². The Kier molecular flexibility index (Phi) is 3.59. The summed E-state index contributed by atoms with van der Waals surface area (Å²) in [6.07, 6.45) is 2.34. The van der Waals surface area contributed by atoms with Gasteiger partial charge in [0.2, 0.25) is 0 Å². The molecule has 0 saturated carbocycles. The average molecular weight is 173 g/mol. The molecule has 0 radical (unpaired) electrons. The second-order valence-electron chi connectivity index (χ2n) is 2.75. The van der Waals surface area contributed by atoms with Gasteiger partial charge in [-0.3, -0.25) is 0 Å². The van der Waals surface area contributed by atoms with Gasteiger partial charge in [-0.25, -0.2) is 0 Å². The molecule has 0 amide bonds. The smallest absolute Gasteiger partial charge is 0.166 e. The lowest BCUT2D eigenvalue weighted by atomic mass is 10.1. The van der Waals surface area contributed by atoms with E-state index in [0.717, 1.165) is 18.2 Å². The molecular formula is C7H15N3S. The number of hydrogen-bond acceptors (Lipinski definition) is 2. The van der Waals surface area contributed by atoms with E-state index in [-0.39, 0.29) is 0 Å². The fourth-order valence-electron chi connectivity index (χ4n) is 1.22.